The van der Waals surface area contributed by atoms with Crippen LogP contribution in [-0.2, 0) is 10.0 Å². The number of amides is 1. The average Bonchev–Trinajstić information content (AvgIpc) is 2.73. The molecule has 0 unspecified atom stereocenters. The quantitative estimate of drug-likeness (QED) is 0.563. The SMILES string of the molecule is CC[C@H](NC(=O)c1ccc(NS(=O)(=O)c2ccccc2)cc1)c1ccc(C)cc1C. The van der Waals surface area contributed by atoms with Crippen molar-refractivity contribution in [2.45, 2.75) is 38.1 Å². The van der Waals surface area contributed by atoms with E-state index >= 15 is 0 Å². The summed E-state index contributed by atoms with van der Waals surface area (Å²) in [5.74, 6) is -0.195. The normalized spacial score (nSPS) is 12.2. The molecule has 0 spiro atoms. The third-order valence-corrected chi connectivity index (χ3v) is 6.36. The Kier molecular flexibility index (Phi) is 6.57. The van der Waals surface area contributed by atoms with Crippen molar-refractivity contribution in [3.63, 3.8) is 0 Å². The lowest BCUT2D eigenvalue weighted by molar-refractivity contribution is 0.0935. The number of benzene rings is 3. The molecule has 30 heavy (non-hydrogen) atoms. The molecular weight excluding hydrogens is 396 g/mol. The minimum atomic E-state index is -3.66. The first kappa shape index (κ1) is 21.6. The Bertz CT molecular complexity index is 1120. The van der Waals surface area contributed by atoms with Gasteiger partial charge in [-0.05, 0) is 67.8 Å². The Morgan fingerprint density at radius 1 is 0.933 bits per heavy atom. The van der Waals surface area contributed by atoms with Crippen molar-refractivity contribution in [2.24, 2.45) is 0 Å². The number of hydrogen-bond donors (Lipinski definition) is 2. The molecule has 1 amide bonds. The molecule has 0 saturated heterocycles. The van der Waals surface area contributed by atoms with Crippen LogP contribution in [0, 0.1) is 13.8 Å². The summed E-state index contributed by atoms with van der Waals surface area (Å²) in [4.78, 5) is 12.9. The van der Waals surface area contributed by atoms with Crippen LogP contribution in [0.3, 0.4) is 0 Å². The van der Waals surface area contributed by atoms with Gasteiger partial charge in [0, 0.05) is 11.3 Å². The molecular formula is C24H26N2O3S. The second-order valence-electron chi connectivity index (χ2n) is 7.29. The van der Waals surface area contributed by atoms with Crippen LogP contribution < -0.4 is 10.0 Å². The lowest BCUT2D eigenvalue weighted by Gasteiger charge is -2.20. The van der Waals surface area contributed by atoms with Gasteiger partial charge in [0.05, 0.1) is 10.9 Å². The van der Waals surface area contributed by atoms with Gasteiger partial charge in [-0.25, -0.2) is 8.42 Å². The van der Waals surface area contributed by atoms with Crippen LogP contribution in [-0.4, -0.2) is 14.3 Å². The molecule has 0 aliphatic rings. The molecule has 1 atom stereocenters. The van der Waals surface area contributed by atoms with Crippen LogP contribution in [0.25, 0.3) is 0 Å². The molecule has 0 aliphatic carbocycles. The number of rotatable bonds is 7. The summed E-state index contributed by atoms with van der Waals surface area (Å²) >= 11 is 0. The molecule has 0 aliphatic heterocycles. The fourth-order valence-corrected chi connectivity index (χ4v) is 4.44. The summed E-state index contributed by atoms with van der Waals surface area (Å²) in [5.41, 5.74) is 4.31. The number of anilines is 1. The number of sulfonamides is 1. The molecule has 156 valence electrons. The molecule has 0 fully saturated rings. The van der Waals surface area contributed by atoms with E-state index in [-0.39, 0.29) is 16.8 Å². The van der Waals surface area contributed by atoms with Crippen molar-refractivity contribution < 1.29 is 13.2 Å². The lowest BCUT2D eigenvalue weighted by Crippen LogP contribution is -2.28. The zero-order valence-corrected chi connectivity index (χ0v) is 18.2. The van der Waals surface area contributed by atoms with E-state index in [1.165, 1.54) is 17.7 Å². The maximum Gasteiger partial charge on any atom is 0.261 e. The van der Waals surface area contributed by atoms with Gasteiger partial charge in [0.25, 0.3) is 15.9 Å². The largest absolute Gasteiger partial charge is 0.345 e. The van der Waals surface area contributed by atoms with Crippen LogP contribution >= 0.6 is 0 Å². The fourth-order valence-electron chi connectivity index (χ4n) is 3.36. The smallest absolute Gasteiger partial charge is 0.261 e. The Morgan fingerprint density at radius 3 is 2.20 bits per heavy atom. The molecule has 0 saturated carbocycles. The zero-order chi connectivity index (χ0) is 21.7. The Hall–Kier alpha value is -3.12. The summed E-state index contributed by atoms with van der Waals surface area (Å²) in [6.07, 6.45) is 0.768. The predicted octanol–water partition coefficient (Wildman–Crippen LogP) is 4.99. The minimum absolute atomic E-state index is 0.0886. The summed E-state index contributed by atoms with van der Waals surface area (Å²) < 4.78 is 27.4. The number of nitrogens with one attached hydrogen (secondary N) is 2. The van der Waals surface area contributed by atoms with Crippen molar-refractivity contribution in [1.82, 2.24) is 5.32 Å². The van der Waals surface area contributed by atoms with Crippen molar-refractivity contribution in [3.8, 4) is 0 Å². The summed E-state index contributed by atoms with van der Waals surface area (Å²) in [6.45, 7) is 6.13. The molecule has 0 bridgehead atoms. The van der Waals surface area contributed by atoms with Gasteiger partial charge in [-0.1, -0.05) is 48.9 Å². The second-order valence-corrected chi connectivity index (χ2v) is 8.97. The van der Waals surface area contributed by atoms with Gasteiger partial charge < -0.3 is 5.32 Å². The summed E-state index contributed by atoms with van der Waals surface area (Å²) in [6, 6.07) is 20.7. The van der Waals surface area contributed by atoms with Crippen LogP contribution in [0.15, 0.2) is 77.7 Å². The molecule has 2 N–H and O–H groups in total. The van der Waals surface area contributed by atoms with Crippen molar-refractivity contribution in [3.05, 3.63) is 95.1 Å². The zero-order valence-electron chi connectivity index (χ0n) is 17.3. The van der Waals surface area contributed by atoms with Gasteiger partial charge in [-0.15, -0.1) is 0 Å². The highest BCUT2D eigenvalue weighted by molar-refractivity contribution is 7.92. The minimum Gasteiger partial charge on any atom is -0.345 e. The topological polar surface area (TPSA) is 75.3 Å². The summed E-state index contributed by atoms with van der Waals surface area (Å²) in [5, 5.41) is 3.08. The summed E-state index contributed by atoms with van der Waals surface area (Å²) in [7, 11) is -3.66. The number of aryl methyl sites for hydroxylation is 2. The number of hydrogen-bond acceptors (Lipinski definition) is 3. The lowest BCUT2D eigenvalue weighted by atomic mass is 9.97. The third-order valence-electron chi connectivity index (χ3n) is 4.97. The number of carbonyl (C=O) groups is 1. The fraction of sp³-hybridized carbons (Fsp3) is 0.208. The maximum absolute atomic E-state index is 12.7. The molecule has 5 nitrogen and oxygen atoms in total. The molecule has 6 heteroatoms. The van der Waals surface area contributed by atoms with Crippen molar-refractivity contribution in [1.29, 1.82) is 0 Å². The van der Waals surface area contributed by atoms with Crippen LogP contribution in [0.2, 0.25) is 0 Å². The van der Waals surface area contributed by atoms with E-state index in [0.717, 1.165) is 17.5 Å². The number of carbonyl (C=O) groups excluding carboxylic acids is 1. The highest BCUT2D eigenvalue weighted by Gasteiger charge is 2.17. The predicted molar refractivity (Wildman–Crippen MR) is 120 cm³/mol. The highest BCUT2D eigenvalue weighted by Crippen LogP contribution is 2.23. The van der Waals surface area contributed by atoms with Gasteiger partial charge >= 0.3 is 0 Å². The van der Waals surface area contributed by atoms with E-state index < -0.39 is 10.0 Å². The van der Waals surface area contributed by atoms with Crippen LogP contribution in [0.1, 0.15) is 46.4 Å². The van der Waals surface area contributed by atoms with E-state index in [4.69, 9.17) is 0 Å². The van der Waals surface area contributed by atoms with E-state index in [2.05, 4.69) is 22.2 Å². The molecule has 3 aromatic carbocycles. The standard InChI is InChI=1S/C24H26N2O3S/c1-4-23(22-15-10-17(2)16-18(22)3)25-24(27)19-11-13-20(14-12-19)26-30(28,29)21-8-6-5-7-9-21/h5-16,23,26H,4H2,1-3H3,(H,25,27)/t23-/m0/s1. The van der Waals surface area contributed by atoms with Gasteiger partial charge in [0.2, 0.25) is 0 Å². The molecule has 3 rings (SSSR count). The molecule has 0 heterocycles. The Labute approximate surface area is 178 Å². The Balaban J connectivity index is 1.71. The van der Waals surface area contributed by atoms with E-state index in [1.807, 2.05) is 26.8 Å². The van der Waals surface area contributed by atoms with E-state index in [0.29, 0.717) is 11.3 Å². The average molecular weight is 423 g/mol. The van der Waals surface area contributed by atoms with Gasteiger partial charge in [-0.2, -0.15) is 0 Å². The van der Waals surface area contributed by atoms with Gasteiger partial charge in [-0.3, -0.25) is 9.52 Å². The monoisotopic (exact) mass is 422 g/mol. The van der Waals surface area contributed by atoms with Crippen LogP contribution in [0.4, 0.5) is 5.69 Å². The van der Waals surface area contributed by atoms with Crippen molar-refractivity contribution >= 4 is 21.6 Å². The molecule has 0 aromatic heterocycles. The van der Waals surface area contributed by atoms with Gasteiger partial charge in [0.1, 0.15) is 0 Å². The van der Waals surface area contributed by atoms with Gasteiger partial charge in [0.15, 0.2) is 0 Å². The first-order chi connectivity index (χ1) is 14.3. The van der Waals surface area contributed by atoms with Crippen molar-refractivity contribution in [2.75, 3.05) is 4.72 Å². The molecule has 0 radical (unpaired) electrons. The Morgan fingerprint density at radius 2 is 1.60 bits per heavy atom. The first-order valence-corrected chi connectivity index (χ1v) is 11.3. The van der Waals surface area contributed by atoms with E-state index in [1.54, 1.807) is 42.5 Å². The second kappa shape index (κ2) is 9.13. The third kappa shape index (κ3) is 5.07. The van der Waals surface area contributed by atoms with E-state index in [9.17, 15) is 13.2 Å². The van der Waals surface area contributed by atoms with Crippen LogP contribution in [0.5, 0.6) is 0 Å². The maximum atomic E-state index is 12.7. The first-order valence-electron chi connectivity index (χ1n) is 9.86. The highest BCUT2D eigenvalue weighted by atomic mass is 32.2. The molecule has 3 aromatic rings.